The lowest BCUT2D eigenvalue weighted by molar-refractivity contribution is -0.130. The highest BCUT2D eigenvalue weighted by atomic mass is 16.5. The molecule has 0 bridgehead atoms. The number of benzene rings is 1. The molecule has 2 atom stereocenters. The van der Waals surface area contributed by atoms with Crippen LogP contribution >= 0.6 is 0 Å². The Morgan fingerprint density at radius 1 is 1.04 bits per heavy atom. The van der Waals surface area contributed by atoms with E-state index in [2.05, 4.69) is 6.08 Å². The molecule has 0 radical (unpaired) electrons. The summed E-state index contributed by atoms with van der Waals surface area (Å²) in [4.78, 5) is 29.4. The summed E-state index contributed by atoms with van der Waals surface area (Å²) in [6, 6.07) is 9.41. The second-order valence-corrected chi connectivity index (χ2v) is 7.87. The lowest BCUT2D eigenvalue weighted by atomic mass is 9.97. The Hall–Kier alpha value is -2.14. The number of hydrogen-bond acceptors (Lipinski definition) is 3. The van der Waals surface area contributed by atoms with Crippen LogP contribution in [0.2, 0.25) is 0 Å². The summed E-state index contributed by atoms with van der Waals surface area (Å²) >= 11 is 0. The summed E-state index contributed by atoms with van der Waals surface area (Å²) in [5, 5.41) is 0. The second kappa shape index (κ2) is 8.26. The van der Waals surface area contributed by atoms with Crippen LogP contribution in [-0.4, -0.2) is 60.5 Å². The van der Waals surface area contributed by atoms with Crippen LogP contribution in [0, 0.1) is 5.92 Å². The molecule has 2 amide bonds. The fraction of sp³-hybridized carbons (Fsp3) is 0.545. The van der Waals surface area contributed by atoms with E-state index in [-0.39, 0.29) is 23.8 Å². The predicted molar refractivity (Wildman–Crippen MR) is 103 cm³/mol. The molecule has 5 nitrogen and oxygen atoms in total. The maximum Gasteiger partial charge on any atom is 0.253 e. The van der Waals surface area contributed by atoms with E-state index in [9.17, 15) is 9.59 Å². The Morgan fingerprint density at radius 2 is 1.85 bits per heavy atom. The monoisotopic (exact) mass is 368 g/mol. The van der Waals surface area contributed by atoms with Gasteiger partial charge in [0.15, 0.2) is 0 Å². The number of rotatable bonds is 3. The van der Waals surface area contributed by atoms with Crippen molar-refractivity contribution in [1.82, 2.24) is 9.80 Å². The molecule has 2 heterocycles. The van der Waals surface area contributed by atoms with Crippen LogP contribution in [0.25, 0.3) is 0 Å². The van der Waals surface area contributed by atoms with Gasteiger partial charge in [0.25, 0.3) is 5.91 Å². The first kappa shape index (κ1) is 18.2. The first-order valence-corrected chi connectivity index (χ1v) is 10.1. The second-order valence-electron chi connectivity index (χ2n) is 7.87. The average Bonchev–Trinajstić information content (AvgIpc) is 3.01. The molecule has 0 saturated carbocycles. The van der Waals surface area contributed by atoms with Crippen molar-refractivity contribution in [2.45, 2.75) is 38.2 Å². The number of fused-ring (bicyclic) bond motifs is 1. The van der Waals surface area contributed by atoms with Gasteiger partial charge in [0.2, 0.25) is 5.91 Å². The number of allylic oxidation sites excluding steroid dienone is 1. The van der Waals surface area contributed by atoms with Crippen LogP contribution in [0.15, 0.2) is 42.0 Å². The maximum atomic E-state index is 12.8. The molecule has 2 saturated heterocycles. The summed E-state index contributed by atoms with van der Waals surface area (Å²) in [6.45, 7) is 3.15. The van der Waals surface area contributed by atoms with Gasteiger partial charge in [0.05, 0.1) is 12.7 Å². The lowest BCUT2D eigenvalue weighted by Gasteiger charge is -2.24. The molecule has 4 rings (SSSR count). The minimum absolute atomic E-state index is 0.0443. The smallest absolute Gasteiger partial charge is 0.253 e. The van der Waals surface area contributed by atoms with E-state index < -0.39 is 0 Å². The highest BCUT2D eigenvalue weighted by molar-refractivity contribution is 5.94. The quantitative estimate of drug-likeness (QED) is 0.771. The van der Waals surface area contributed by atoms with Crippen molar-refractivity contribution in [2.75, 3.05) is 32.8 Å². The average molecular weight is 368 g/mol. The Labute approximate surface area is 161 Å². The summed E-state index contributed by atoms with van der Waals surface area (Å²) in [7, 11) is 0. The van der Waals surface area contributed by atoms with Crippen molar-refractivity contribution in [1.29, 1.82) is 0 Å². The largest absolute Gasteiger partial charge is 0.374 e. The number of carbonyl (C=O) groups is 2. The molecule has 0 spiro atoms. The van der Waals surface area contributed by atoms with E-state index in [4.69, 9.17) is 4.74 Å². The zero-order valence-electron chi connectivity index (χ0n) is 15.8. The van der Waals surface area contributed by atoms with Crippen molar-refractivity contribution >= 4 is 11.8 Å². The third-order valence-electron chi connectivity index (χ3n) is 5.95. The first-order chi connectivity index (χ1) is 13.2. The molecule has 0 unspecified atom stereocenters. The number of hydrogen-bond donors (Lipinski definition) is 0. The molecule has 1 aromatic carbocycles. The Bertz CT molecular complexity index is 716. The van der Waals surface area contributed by atoms with Gasteiger partial charge in [0, 0.05) is 44.1 Å². The molecule has 2 fully saturated rings. The number of nitrogens with zero attached hydrogens (tertiary/aromatic N) is 2. The van der Waals surface area contributed by atoms with E-state index in [1.165, 1.54) is 18.4 Å². The van der Waals surface area contributed by atoms with Crippen molar-refractivity contribution in [3.05, 3.63) is 47.5 Å². The van der Waals surface area contributed by atoms with E-state index in [0.29, 0.717) is 44.8 Å². The lowest BCUT2D eigenvalue weighted by Crippen LogP contribution is -2.38. The van der Waals surface area contributed by atoms with Crippen molar-refractivity contribution in [2.24, 2.45) is 5.92 Å². The minimum atomic E-state index is 0.0443. The summed E-state index contributed by atoms with van der Waals surface area (Å²) in [5.41, 5.74) is 2.01. The van der Waals surface area contributed by atoms with Crippen LogP contribution < -0.4 is 0 Å². The molecule has 5 heteroatoms. The maximum absolute atomic E-state index is 12.8. The van der Waals surface area contributed by atoms with Crippen LogP contribution in [-0.2, 0) is 9.53 Å². The van der Waals surface area contributed by atoms with Crippen molar-refractivity contribution < 1.29 is 14.3 Å². The molecular formula is C22H28N2O3. The van der Waals surface area contributed by atoms with Crippen LogP contribution in [0.1, 0.15) is 42.5 Å². The SMILES string of the molecule is O=C(CC1=CCCCC1)N1C[C@@H]2CN(C(=O)c3ccccc3)CCO[C@@H]2C1. The topological polar surface area (TPSA) is 49.9 Å². The highest BCUT2D eigenvalue weighted by Crippen LogP contribution is 2.27. The van der Waals surface area contributed by atoms with Crippen molar-refractivity contribution in [3.8, 4) is 0 Å². The molecule has 1 aromatic rings. The molecule has 1 aliphatic carbocycles. The normalized spacial score (nSPS) is 25.6. The predicted octanol–water partition coefficient (Wildman–Crippen LogP) is 2.88. The van der Waals surface area contributed by atoms with Gasteiger partial charge in [-0.15, -0.1) is 0 Å². The Kier molecular flexibility index (Phi) is 5.58. The molecule has 144 valence electrons. The summed E-state index contributed by atoms with van der Waals surface area (Å²) < 4.78 is 6.01. The summed E-state index contributed by atoms with van der Waals surface area (Å²) in [5.74, 6) is 0.460. The highest BCUT2D eigenvalue weighted by Gasteiger charge is 2.39. The van der Waals surface area contributed by atoms with Crippen LogP contribution in [0.5, 0.6) is 0 Å². The number of ether oxygens (including phenoxy) is 1. The zero-order valence-corrected chi connectivity index (χ0v) is 15.8. The molecular weight excluding hydrogens is 340 g/mol. The fourth-order valence-electron chi connectivity index (χ4n) is 4.42. The van der Waals surface area contributed by atoms with E-state index >= 15 is 0 Å². The van der Waals surface area contributed by atoms with E-state index in [0.717, 1.165) is 12.8 Å². The fourth-order valence-corrected chi connectivity index (χ4v) is 4.42. The van der Waals surface area contributed by atoms with Gasteiger partial charge in [-0.3, -0.25) is 9.59 Å². The third kappa shape index (κ3) is 4.24. The molecule has 0 aromatic heterocycles. The van der Waals surface area contributed by atoms with E-state index in [1.807, 2.05) is 40.1 Å². The zero-order chi connectivity index (χ0) is 18.6. The minimum Gasteiger partial charge on any atom is -0.374 e. The van der Waals surface area contributed by atoms with Crippen molar-refractivity contribution in [3.63, 3.8) is 0 Å². The number of likely N-dealkylation sites (tertiary alicyclic amines) is 1. The first-order valence-electron chi connectivity index (χ1n) is 10.1. The number of carbonyl (C=O) groups excluding carboxylic acids is 2. The van der Waals surface area contributed by atoms with Crippen LogP contribution in [0.4, 0.5) is 0 Å². The van der Waals surface area contributed by atoms with Crippen LogP contribution in [0.3, 0.4) is 0 Å². The van der Waals surface area contributed by atoms with Gasteiger partial charge in [-0.05, 0) is 37.8 Å². The van der Waals surface area contributed by atoms with Gasteiger partial charge in [-0.1, -0.05) is 29.8 Å². The Morgan fingerprint density at radius 3 is 2.63 bits per heavy atom. The third-order valence-corrected chi connectivity index (χ3v) is 5.95. The summed E-state index contributed by atoms with van der Waals surface area (Å²) in [6.07, 6.45) is 7.44. The van der Waals surface area contributed by atoms with Gasteiger partial charge < -0.3 is 14.5 Å². The van der Waals surface area contributed by atoms with Gasteiger partial charge in [-0.2, -0.15) is 0 Å². The molecule has 0 N–H and O–H groups in total. The van der Waals surface area contributed by atoms with Gasteiger partial charge >= 0.3 is 0 Å². The van der Waals surface area contributed by atoms with Gasteiger partial charge in [-0.25, -0.2) is 0 Å². The number of amides is 2. The molecule has 2 aliphatic heterocycles. The molecule has 3 aliphatic rings. The van der Waals surface area contributed by atoms with Gasteiger partial charge in [0.1, 0.15) is 0 Å². The Balaban J connectivity index is 1.38. The molecule has 27 heavy (non-hydrogen) atoms. The standard InChI is InChI=1S/C22H28N2O3/c25-21(13-17-7-3-1-4-8-17)24-15-19-14-23(11-12-27-20(19)16-24)22(26)18-9-5-2-6-10-18/h2,5-7,9-10,19-20H,1,3-4,8,11-16H2/t19-,20+/m0/s1. The van der Waals surface area contributed by atoms with E-state index in [1.54, 1.807) is 0 Å².